The third-order valence-corrected chi connectivity index (χ3v) is 8.50. The van der Waals surface area contributed by atoms with E-state index in [0.29, 0.717) is 47.2 Å². The number of allylic oxidation sites excluding steroid dienone is 2. The van der Waals surface area contributed by atoms with Crippen molar-refractivity contribution in [2.75, 3.05) is 61.5 Å². The number of anilines is 4. The molecule has 0 aliphatic carbocycles. The lowest BCUT2D eigenvalue weighted by Crippen LogP contribution is -2.44. The second kappa shape index (κ2) is 10.6. The Morgan fingerprint density at radius 3 is 2.51 bits per heavy atom. The Labute approximate surface area is 250 Å². The average Bonchev–Trinajstić information content (AvgIpc) is 3.27. The molecule has 222 valence electrons. The summed E-state index contributed by atoms with van der Waals surface area (Å²) in [4.78, 5) is 42.5. The molecular formula is C32H36N8O3. The summed E-state index contributed by atoms with van der Waals surface area (Å²) in [5, 5.41) is 3.73. The van der Waals surface area contributed by atoms with Gasteiger partial charge in [-0.25, -0.2) is 14.3 Å². The van der Waals surface area contributed by atoms with Crippen molar-refractivity contribution in [3.05, 3.63) is 71.2 Å². The molecule has 5 heterocycles. The van der Waals surface area contributed by atoms with Gasteiger partial charge in [0.15, 0.2) is 12.3 Å². The summed E-state index contributed by atoms with van der Waals surface area (Å²) < 4.78 is 9.26. The van der Waals surface area contributed by atoms with E-state index >= 15 is 0 Å². The molecule has 43 heavy (non-hydrogen) atoms. The maximum absolute atomic E-state index is 13.7. The van der Waals surface area contributed by atoms with Gasteiger partial charge < -0.3 is 24.8 Å². The van der Waals surface area contributed by atoms with Gasteiger partial charge in [0.2, 0.25) is 5.95 Å². The summed E-state index contributed by atoms with van der Waals surface area (Å²) >= 11 is 0. The van der Waals surface area contributed by atoms with Crippen molar-refractivity contribution in [2.24, 2.45) is 5.41 Å². The van der Waals surface area contributed by atoms with Crippen LogP contribution in [0.3, 0.4) is 0 Å². The molecule has 2 aromatic heterocycles. The fourth-order valence-corrected chi connectivity index (χ4v) is 6.03. The number of benzene rings is 2. The van der Waals surface area contributed by atoms with Crippen LogP contribution in [0.2, 0.25) is 0 Å². The lowest BCUT2D eigenvalue weighted by molar-refractivity contribution is -0.121. The number of amides is 1. The molecule has 0 unspecified atom stereocenters. The highest BCUT2D eigenvalue weighted by Gasteiger charge is 2.32. The fraction of sp³-hybridized carbons (Fsp3) is 0.375. The Morgan fingerprint density at radius 1 is 0.953 bits per heavy atom. The molecule has 0 spiro atoms. The van der Waals surface area contributed by atoms with Crippen LogP contribution in [0.4, 0.5) is 23.0 Å². The lowest BCUT2D eigenvalue weighted by Gasteiger charge is -2.36. The Bertz CT molecular complexity index is 1780. The number of piperazine rings is 1. The first kappa shape index (κ1) is 27.2. The van der Waals surface area contributed by atoms with E-state index in [1.165, 1.54) is 5.69 Å². The van der Waals surface area contributed by atoms with E-state index in [-0.39, 0.29) is 23.5 Å². The molecule has 11 heteroatoms. The van der Waals surface area contributed by atoms with Gasteiger partial charge in [-0.2, -0.15) is 4.98 Å². The van der Waals surface area contributed by atoms with E-state index in [9.17, 15) is 9.59 Å². The maximum atomic E-state index is 13.7. The number of aromatic nitrogens is 4. The standard InChI is InChI=1S/C32H36N8O3/c1-32(2)12-4-5-13-39-30(42)25-19-33-31(34-22-6-8-23(9-7-22)37-16-14-36(3)15-17-37)35-29(25)40(39)24-10-11-27-26(18-24)38(21-32)28(41)20-43-27/h4-11,18-19H,12-17,20-21H2,1-3H3,(H,33,34,35). The molecular weight excluding hydrogens is 544 g/mol. The number of nitrogens with zero attached hydrogens (tertiary/aromatic N) is 7. The van der Waals surface area contributed by atoms with Crippen molar-refractivity contribution in [2.45, 2.75) is 26.8 Å². The Hall–Kier alpha value is -4.64. The van der Waals surface area contributed by atoms with Crippen LogP contribution in [0.5, 0.6) is 5.75 Å². The highest BCUT2D eigenvalue weighted by Crippen LogP contribution is 2.37. The first-order valence-corrected chi connectivity index (χ1v) is 14.8. The number of ether oxygens (including phenoxy) is 1. The molecule has 2 bridgehead atoms. The van der Waals surface area contributed by atoms with Gasteiger partial charge in [0.1, 0.15) is 11.1 Å². The molecule has 0 radical (unpaired) electrons. The molecule has 1 fully saturated rings. The van der Waals surface area contributed by atoms with Gasteiger partial charge >= 0.3 is 0 Å². The average molecular weight is 581 g/mol. The molecule has 7 rings (SSSR count). The predicted molar refractivity (Wildman–Crippen MR) is 168 cm³/mol. The van der Waals surface area contributed by atoms with E-state index in [2.05, 4.69) is 59.2 Å². The van der Waals surface area contributed by atoms with Gasteiger partial charge in [-0.15, -0.1) is 0 Å². The zero-order valence-corrected chi connectivity index (χ0v) is 24.8. The lowest BCUT2D eigenvalue weighted by atomic mass is 9.88. The number of likely N-dealkylation sites (N-methyl/N-ethyl adjacent to an activating group) is 1. The van der Waals surface area contributed by atoms with E-state index < -0.39 is 0 Å². The third-order valence-electron chi connectivity index (χ3n) is 8.50. The molecule has 3 aliphatic heterocycles. The normalized spacial score (nSPS) is 18.5. The number of hydrogen-bond acceptors (Lipinski definition) is 8. The first-order chi connectivity index (χ1) is 20.8. The molecule has 3 aliphatic rings. The minimum absolute atomic E-state index is 0.00797. The van der Waals surface area contributed by atoms with Crippen LogP contribution in [-0.4, -0.2) is 76.5 Å². The number of carbonyl (C=O) groups is 1. The summed E-state index contributed by atoms with van der Waals surface area (Å²) in [6, 6.07) is 13.9. The summed E-state index contributed by atoms with van der Waals surface area (Å²) in [5.74, 6) is 0.956. The number of nitrogens with one attached hydrogen (secondary N) is 1. The molecule has 1 saturated heterocycles. The van der Waals surface area contributed by atoms with Crippen molar-refractivity contribution >= 4 is 40.0 Å². The second-order valence-electron chi connectivity index (χ2n) is 12.4. The largest absolute Gasteiger partial charge is 0.482 e. The number of fused-ring (bicyclic) bond motifs is 5. The molecule has 4 aromatic rings. The van der Waals surface area contributed by atoms with Crippen LogP contribution in [0, 0.1) is 5.41 Å². The summed E-state index contributed by atoms with van der Waals surface area (Å²) in [7, 11) is 2.15. The van der Waals surface area contributed by atoms with Gasteiger partial charge in [-0.3, -0.25) is 9.59 Å². The maximum Gasteiger partial charge on any atom is 0.278 e. The second-order valence-corrected chi connectivity index (χ2v) is 12.4. The number of hydrogen-bond donors (Lipinski definition) is 1. The minimum atomic E-state index is -0.180. The van der Waals surface area contributed by atoms with Crippen LogP contribution in [0.1, 0.15) is 20.3 Å². The van der Waals surface area contributed by atoms with Crippen LogP contribution in [0.15, 0.2) is 65.6 Å². The SMILES string of the molecule is CN1CCN(c2ccc(Nc3ncc4c(=O)n5n(c4n3)-c3ccc4c(c3)N(CC(C)(C)CC=CC5)C(=O)CO4)cc2)CC1. The van der Waals surface area contributed by atoms with Crippen LogP contribution < -0.4 is 25.4 Å². The van der Waals surface area contributed by atoms with Crippen LogP contribution in [0.25, 0.3) is 16.7 Å². The predicted octanol–water partition coefficient (Wildman–Crippen LogP) is 3.79. The summed E-state index contributed by atoms with van der Waals surface area (Å²) in [5.41, 5.74) is 3.59. The zero-order chi connectivity index (χ0) is 29.7. The quantitative estimate of drug-likeness (QED) is 0.366. The minimum Gasteiger partial charge on any atom is -0.482 e. The molecule has 1 N–H and O–H groups in total. The van der Waals surface area contributed by atoms with Gasteiger partial charge in [0.25, 0.3) is 11.5 Å². The molecule has 0 saturated carbocycles. The van der Waals surface area contributed by atoms with Crippen molar-refractivity contribution in [1.82, 2.24) is 24.2 Å². The highest BCUT2D eigenvalue weighted by molar-refractivity contribution is 5.98. The van der Waals surface area contributed by atoms with E-state index in [4.69, 9.17) is 9.72 Å². The summed E-state index contributed by atoms with van der Waals surface area (Å²) in [6.07, 6.45) is 6.43. The number of rotatable bonds is 3. The summed E-state index contributed by atoms with van der Waals surface area (Å²) in [6.45, 7) is 9.33. The van der Waals surface area contributed by atoms with E-state index in [1.54, 1.807) is 15.8 Å². The zero-order valence-electron chi connectivity index (χ0n) is 24.8. The smallest absolute Gasteiger partial charge is 0.278 e. The highest BCUT2D eigenvalue weighted by atomic mass is 16.5. The van der Waals surface area contributed by atoms with Crippen LogP contribution >= 0.6 is 0 Å². The third kappa shape index (κ3) is 5.14. The Morgan fingerprint density at radius 2 is 1.72 bits per heavy atom. The topological polar surface area (TPSA) is 101 Å². The van der Waals surface area contributed by atoms with Crippen LogP contribution in [-0.2, 0) is 11.3 Å². The molecule has 0 atom stereocenters. The Kier molecular flexibility index (Phi) is 6.69. The fourth-order valence-electron chi connectivity index (χ4n) is 6.03. The Balaban J connectivity index is 1.27. The van der Waals surface area contributed by atoms with Crippen molar-refractivity contribution < 1.29 is 9.53 Å². The first-order valence-electron chi connectivity index (χ1n) is 14.8. The van der Waals surface area contributed by atoms with Gasteiger partial charge in [-0.1, -0.05) is 26.0 Å². The number of carbonyl (C=O) groups excluding carboxylic acids is 1. The molecule has 11 nitrogen and oxygen atoms in total. The van der Waals surface area contributed by atoms with E-state index in [1.807, 2.05) is 41.1 Å². The molecule has 1 amide bonds. The van der Waals surface area contributed by atoms with Gasteiger partial charge in [0.05, 0.1) is 17.9 Å². The van der Waals surface area contributed by atoms with Crippen molar-refractivity contribution in [3.63, 3.8) is 0 Å². The van der Waals surface area contributed by atoms with E-state index in [0.717, 1.165) is 38.3 Å². The van der Waals surface area contributed by atoms with Crippen molar-refractivity contribution in [3.8, 4) is 11.4 Å². The van der Waals surface area contributed by atoms with Crippen molar-refractivity contribution in [1.29, 1.82) is 0 Å². The van der Waals surface area contributed by atoms with Gasteiger partial charge in [0, 0.05) is 50.3 Å². The van der Waals surface area contributed by atoms with Gasteiger partial charge in [-0.05, 0) is 61.3 Å². The molecule has 2 aromatic carbocycles. The monoisotopic (exact) mass is 580 g/mol.